The highest BCUT2D eigenvalue weighted by molar-refractivity contribution is 5.95. The Morgan fingerprint density at radius 3 is 2.61 bits per heavy atom. The first kappa shape index (κ1) is 14.0. The lowest BCUT2D eigenvalue weighted by Crippen LogP contribution is -2.32. The van der Waals surface area contributed by atoms with Gasteiger partial charge in [0.1, 0.15) is 5.56 Å². The highest BCUT2D eigenvalue weighted by Gasteiger charge is 2.14. The molecule has 6 heteroatoms. The number of carbonyl (C=O) groups excluding carboxylic acids is 2. The molecule has 0 spiro atoms. The zero-order chi connectivity index (χ0) is 13.7. The van der Waals surface area contributed by atoms with E-state index in [0.29, 0.717) is 11.3 Å². The molecule has 18 heavy (non-hydrogen) atoms. The number of H-pyrrole nitrogens is 1. The summed E-state index contributed by atoms with van der Waals surface area (Å²) >= 11 is 0. The number of hydrogen-bond donors (Lipinski definition) is 2. The van der Waals surface area contributed by atoms with Gasteiger partial charge in [0.15, 0.2) is 0 Å². The molecule has 1 heterocycles. The van der Waals surface area contributed by atoms with Crippen molar-refractivity contribution >= 4 is 11.9 Å². The van der Waals surface area contributed by atoms with Crippen molar-refractivity contribution in [2.75, 3.05) is 13.7 Å². The number of methoxy groups -OCH3 is 1. The van der Waals surface area contributed by atoms with E-state index >= 15 is 0 Å². The number of hydrogen-bond acceptors (Lipinski definition) is 4. The summed E-state index contributed by atoms with van der Waals surface area (Å²) in [7, 11) is 1.28. The normalized spacial score (nSPS) is 9.94. The second kappa shape index (κ2) is 6.00. The van der Waals surface area contributed by atoms with Gasteiger partial charge in [-0.1, -0.05) is 0 Å². The zero-order valence-corrected chi connectivity index (χ0v) is 10.6. The Hall–Kier alpha value is -2.11. The van der Waals surface area contributed by atoms with E-state index in [2.05, 4.69) is 15.0 Å². The second-order valence-electron chi connectivity index (χ2n) is 3.92. The van der Waals surface area contributed by atoms with E-state index in [4.69, 9.17) is 0 Å². The quantitative estimate of drug-likeness (QED) is 0.753. The summed E-state index contributed by atoms with van der Waals surface area (Å²) in [5, 5.41) is 2.51. The number of carbonyl (C=O) groups is 2. The molecule has 0 unspecified atom stereocenters. The molecule has 0 aliphatic heterocycles. The number of nitrogens with one attached hydrogen (secondary N) is 2. The van der Waals surface area contributed by atoms with Gasteiger partial charge in [-0.05, 0) is 25.5 Å². The van der Waals surface area contributed by atoms with Crippen molar-refractivity contribution in [3.63, 3.8) is 0 Å². The minimum atomic E-state index is -0.488. The van der Waals surface area contributed by atoms with Gasteiger partial charge in [-0.25, -0.2) is 0 Å². The van der Waals surface area contributed by atoms with Crippen LogP contribution >= 0.6 is 0 Å². The number of aromatic amines is 1. The predicted molar refractivity (Wildman–Crippen MR) is 65.5 cm³/mol. The van der Waals surface area contributed by atoms with E-state index in [9.17, 15) is 14.4 Å². The smallest absolute Gasteiger partial charge is 0.307 e. The standard InChI is InChI=1S/C12H16N2O4/c1-7-6-8(2)14-12(17)10(7)11(16)13-5-4-9(15)18-3/h6H,4-5H2,1-3H3,(H,13,16)(H,14,17). The highest BCUT2D eigenvalue weighted by atomic mass is 16.5. The van der Waals surface area contributed by atoms with Gasteiger partial charge in [-0.15, -0.1) is 0 Å². The Morgan fingerprint density at radius 1 is 1.39 bits per heavy atom. The number of esters is 1. The summed E-state index contributed by atoms with van der Waals surface area (Å²) in [4.78, 5) is 36.9. The fraction of sp³-hybridized carbons (Fsp3) is 0.417. The van der Waals surface area contributed by atoms with Gasteiger partial charge in [0.25, 0.3) is 11.5 Å². The van der Waals surface area contributed by atoms with Crippen LogP contribution in [0.2, 0.25) is 0 Å². The highest BCUT2D eigenvalue weighted by Crippen LogP contribution is 2.03. The average molecular weight is 252 g/mol. The van der Waals surface area contributed by atoms with Crippen molar-refractivity contribution in [1.82, 2.24) is 10.3 Å². The van der Waals surface area contributed by atoms with Crippen molar-refractivity contribution < 1.29 is 14.3 Å². The summed E-state index contributed by atoms with van der Waals surface area (Å²) in [6.45, 7) is 3.57. The van der Waals surface area contributed by atoms with Gasteiger partial charge in [0.2, 0.25) is 0 Å². The molecule has 0 aliphatic rings. The Morgan fingerprint density at radius 2 is 2.06 bits per heavy atom. The van der Waals surface area contributed by atoms with Gasteiger partial charge >= 0.3 is 5.97 Å². The summed E-state index contributed by atoms with van der Waals surface area (Å²) in [5.74, 6) is -0.900. The molecule has 1 rings (SSSR count). The number of aromatic nitrogens is 1. The molecule has 0 aromatic carbocycles. The first-order valence-corrected chi connectivity index (χ1v) is 5.51. The molecule has 6 nitrogen and oxygen atoms in total. The van der Waals surface area contributed by atoms with E-state index in [1.54, 1.807) is 19.9 Å². The number of ether oxygens (including phenoxy) is 1. The van der Waals surface area contributed by atoms with Crippen LogP contribution in [-0.4, -0.2) is 30.5 Å². The van der Waals surface area contributed by atoms with Crippen molar-refractivity contribution in [2.24, 2.45) is 0 Å². The van der Waals surface area contributed by atoms with Gasteiger partial charge in [-0.3, -0.25) is 14.4 Å². The molecule has 0 bridgehead atoms. The fourth-order valence-electron chi connectivity index (χ4n) is 1.60. The fourth-order valence-corrected chi connectivity index (χ4v) is 1.60. The molecule has 2 N–H and O–H groups in total. The minimum Gasteiger partial charge on any atom is -0.469 e. The van der Waals surface area contributed by atoms with Crippen LogP contribution in [0.15, 0.2) is 10.9 Å². The lowest BCUT2D eigenvalue weighted by Gasteiger charge is -2.07. The molecular formula is C12H16N2O4. The minimum absolute atomic E-state index is 0.0745. The first-order chi connectivity index (χ1) is 8.45. The second-order valence-corrected chi connectivity index (χ2v) is 3.92. The topological polar surface area (TPSA) is 88.3 Å². The number of rotatable bonds is 4. The van der Waals surface area contributed by atoms with Crippen LogP contribution in [-0.2, 0) is 9.53 Å². The molecule has 0 fully saturated rings. The Balaban J connectivity index is 2.74. The molecule has 0 radical (unpaired) electrons. The van der Waals surface area contributed by atoms with Crippen LogP contribution in [0, 0.1) is 13.8 Å². The van der Waals surface area contributed by atoms with Crippen molar-refractivity contribution in [3.05, 3.63) is 33.2 Å². The third-order valence-electron chi connectivity index (χ3n) is 2.43. The van der Waals surface area contributed by atoms with Crippen LogP contribution in [0.5, 0.6) is 0 Å². The van der Waals surface area contributed by atoms with E-state index in [1.165, 1.54) is 7.11 Å². The SMILES string of the molecule is COC(=O)CCNC(=O)c1c(C)cc(C)[nH]c1=O. The summed E-state index contributed by atoms with van der Waals surface area (Å²) < 4.78 is 4.44. The molecule has 0 saturated carbocycles. The summed E-state index contributed by atoms with van der Waals surface area (Å²) in [5.41, 5.74) is 0.948. The molecule has 98 valence electrons. The molecule has 1 aromatic rings. The number of amides is 1. The van der Waals surface area contributed by atoms with E-state index in [-0.39, 0.29) is 18.5 Å². The van der Waals surface area contributed by atoms with Crippen LogP contribution in [0.3, 0.4) is 0 Å². The largest absolute Gasteiger partial charge is 0.469 e. The molecular weight excluding hydrogens is 236 g/mol. The van der Waals surface area contributed by atoms with E-state index in [0.717, 1.165) is 0 Å². The van der Waals surface area contributed by atoms with Crippen molar-refractivity contribution in [2.45, 2.75) is 20.3 Å². The maximum Gasteiger partial charge on any atom is 0.307 e. The lowest BCUT2D eigenvalue weighted by atomic mass is 10.1. The molecule has 0 atom stereocenters. The van der Waals surface area contributed by atoms with Crippen LogP contribution < -0.4 is 10.9 Å². The van der Waals surface area contributed by atoms with Gasteiger partial charge < -0.3 is 15.0 Å². The first-order valence-electron chi connectivity index (χ1n) is 5.51. The maximum atomic E-state index is 11.8. The van der Waals surface area contributed by atoms with E-state index in [1.807, 2.05) is 0 Å². The van der Waals surface area contributed by atoms with Crippen molar-refractivity contribution in [3.8, 4) is 0 Å². The lowest BCUT2D eigenvalue weighted by molar-refractivity contribution is -0.140. The Kier molecular flexibility index (Phi) is 4.65. The van der Waals surface area contributed by atoms with Gasteiger partial charge in [0.05, 0.1) is 13.5 Å². The number of pyridine rings is 1. The van der Waals surface area contributed by atoms with Crippen LogP contribution in [0.4, 0.5) is 0 Å². The number of aryl methyl sites for hydroxylation is 2. The average Bonchev–Trinajstić information content (AvgIpc) is 2.27. The molecule has 0 aliphatic carbocycles. The van der Waals surface area contributed by atoms with Crippen LogP contribution in [0.25, 0.3) is 0 Å². The summed E-state index contributed by atoms with van der Waals surface area (Å²) in [6, 6.07) is 1.72. The third-order valence-corrected chi connectivity index (χ3v) is 2.43. The molecule has 1 aromatic heterocycles. The van der Waals surface area contributed by atoms with E-state index < -0.39 is 17.4 Å². The third kappa shape index (κ3) is 3.44. The Labute approximate surface area is 104 Å². The molecule has 1 amide bonds. The maximum absolute atomic E-state index is 11.8. The Bertz CT molecular complexity index is 519. The summed E-state index contributed by atoms with van der Waals surface area (Å²) in [6.07, 6.45) is 0.0745. The molecule has 0 saturated heterocycles. The monoisotopic (exact) mass is 252 g/mol. The van der Waals surface area contributed by atoms with Crippen molar-refractivity contribution in [1.29, 1.82) is 0 Å². The van der Waals surface area contributed by atoms with Gasteiger partial charge in [-0.2, -0.15) is 0 Å². The predicted octanol–water partition coefficient (Wildman–Crippen LogP) is 0.285. The van der Waals surface area contributed by atoms with Crippen LogP contribution in [0.1, 0.15) is 28.0 Å². The van der Waals surface area contributed by atoms with Gasteiger partial charge in [0, 0.05) is 12.2 Å². The zero-order valence-electron chi connectivity index (χ0n) is 10.6.